The fourth-order valence-electron chi connectivity index (χ4n) is 3.80. The molecule has 0 bridgehead atoms. The molecule has 0 aromatic heterocycles. The summed E-state index contributed by atoms with van der Waals surface area (Å²) >= 11 is 0. The number of aliphatic imine (C=N–C) groups is 1. The van der Waals surface area contributed by atoms with E-state index in [-0.39, 0.29) is 0 Å². The van der Waals surface area contributed by atoms with Gasteiger partial charge in [-0.25, -0.2) is 0 Å². The number of hydrogen-bond donors (Lipinski definition) is 0. The van der Waals surface area contributed by atoms with Gasteiger partial charge in [0, 0.05) is 12.8 Å². The zero-order valence-electron chi connectivity index (χ0n) is 19.7. The van der Waals surface area contributed by atoms with E-state index in [0.717, 1.165) is 12.0 Å². The lowest BCUT2D eigenvalue weighted by atomic mass is 9.72. The summed E-state index contributed by atoms with van der Waals surface area (Å²) in [5.74, 6) is 0. The topological polar surface area (TPSA) is 12.4 Å². The van der Waals surface area contributed by atoms with Gasteiger partial charge in [-0.15, -0.1) is 0 Å². The smallest absolute Gasteiger partial charge is 0.0416 e. The van der Waals surface area contributed by atoms with E-state index in [2.05, 4.69) is 67.0 Å². The Morgan fingerprint density at radius 1 is 0.846 bits per heavy atom. The van der Waals surface area contributed by atoms with Crippen LogP contribution in [0.15, 0.2) is 28.3 Å². The Kier molecular flexibility index (Phi) is 17.2. The van der Waals surface area contributed by atoms with Gasteiger partial charge in [-0.3, -0.25) is 4.99 Å². The van der Waals surface area contributed by atoms with Gasteiger partial charge >= 0.3 is 0 Å². The largest absolute Gasteiger partial charge is 0.292 e. The first-order valence-electron chi connectivity index (χ1n) is 11.1. The maximum atomic E-state index is 4.49. The first-order chi connectivity index (χ1) is 12.3. The van der Waals surface area contributed by atoms with Crippen LogP contribution in [0.2, 0.25) is 0 Å². The fourth-order valence-corrected chi connectivity index (χ4v) is 3.80. The van der Waals surface area contributed by atoms with Crippen molar-refractivity contribution in [2.45, 2.75) is 120 Å². The van der Waals surface area contributed by atoms with Crippen molar-refractivity contribution in [2.75, 3.05) is 7.05 Å². The van der Waals surface area contributed by atoms with Crippen molar-refractivity contribution in [1.29, 1.82) is 0 Å². The summed E-state index contributed by atoms with van der Waals surface area (Å²) in [6.45, 7) is 22.2. The van der Waals surface area contributed by atoms with E-state index in [1.54, 1.807) is 0 Å². The van der Waals surface area contributed by atoms with Crippen LogP contribution in [-0.4, -0.2) is 12.8 Å². The second kappa shape index (κ2) is 16.3. The van der Waals surface area contributed by atoms with Gasteiger partial charge in [0.2, 0.25) is 0 Å². The molecule has 154 valence electrons. The number of rotatable bonds is 12. The predicted molar refractivity (Wildman–Crippen MR) is 124 cm³/mol. The molecule has 26 heavy (non-hydrogen) atoms. The third-order valence-corrected chi connectivity index (χ3v) is 5.65. The van der Waals surface area contributed by atoms with Crippen LogP contribution in [0.3, 0.4) is 0 Å². The van der Waals surface area contributed by atoms with Gasteiger partial charge in [0.25, 0.3) is 0 Å². The summed E-state index contributed by atoms with van der Waals surface area (Å²) in [7, 11) is 1.90. The Hall–Kier alpha value is -0.850. The van der Waals surface area contributed by atoms with Crippen LogP contribution in [-0.2, 0) is 0 Å². The van der Waals surface area contributed by atoms with E-state index in [1.165, 1.54) is 74.6 Å². The van der Waals surface area contributed by atoms with Crippen molar-refractivity contribution in [2.24, 2.45) is 10.4 Å². The van der Waals surface area contributed by atoms with Gasteiger partial charge in [0.1, 0.15) is 0 Å². The molecule has 0 amide bonds. The summed E-state index contributed by atoms with van der Waals surface area (Å²) in [6.07, 6.45) is 12.7. The quantitative estimate of drug-likeness (QED) is 0.242. The molecule has 0 unspecified atom stereocenters. The van der Waals surface area contributed by atoms with Gasteiger partial charge < -0.3 is 0 Å². The van der Waals surface area contributed by atoms with Gasteiger partial charge in [-0.05, 0) is 49.7 Å². The minimum Gasteiger partial charge on any atom is -0.292 e. The molecule has 0 N–H and O–H groups in total. The molecule has 0 aliphatic heterocycles. The molecule has 0 heterocycles. The first-order valence-corrected chi connectivity index (χ1v) is 11.1. The molecular formula is C25H49N. The molecular weight excluding hydrogens is 314 g/mol. The molecule has 0 fully saturated rings. The molecule has 0 aromatic rings. The van der Waals surface area contributed by atoms with E-state index in [0.29, 0.717) is 5.41 Å². The molecule has 0 aromatic carbocycles. The second-order valence-corrected chi connectivity index (χ2v) is 7.80. The summed E-state index contributed by atoms with van der Waals surface area (Å²) in [5.41, 5.74) is 5.61. The summed E-state index contributed by atoms with van der Waals surface area (Å²) in [6, 6.07) is 0. The minimum atomic E-state index is 0.452. The Morgan fingerprint density at radius 3 is 1.62 bits per heavy atom. The van der Waals surface area contributed by atoms with E-state index in [4.69, 9.17) is 0 Å². The highest BCUT2D eigenvalue weighted by atomic mass is 14.7. The summed E-state index contributed by atoms with van der Waals surface area (Å²) < 4.78 is 0. The number of nitrogens with zero attached hydrogens (tertiary/aromatic N) is 1. The van der Waals surface area contributed by atoms with Crippen molar-refractivity contribution in [3.05, 3.63) is 23.3 Å². The van der Waals surface area contributed by atoms with Gasteiger partial charge in [0.05, 0.1) is 0 Å². The molecule has 0 saturated heterocycles. The summed E-state index contributed by atoms with van der Waals surface area (Å²) in [5, 5.41) is 0. The van der Waals surface area contributed by atoms with Crippen LogP contribution in [0.25, 0.3) is 0 Å². The third-order valence-electron chi connectivity index (χ3n) is 5.65. The second-order valence-electron chi connectivity index (χ2n) is 7.80. The first kappa shape index (κ1) is 27.4. The van der Waals surface area contributed by atoms with Crippen molar-refractivity contribution in [3.8, 4) is 0 Å². The van der Waals surface area contributed by atoms with Crippen molar-refractivity contribution in [3.63, 3.8) is 0 Å². The number of unbranched alkanes of at least 4 members (excludes halogenated alkanes) is 3. The minimum absolute atomic E-state index is 0.452. The van der Waals surface area contributed by atoms with Crippen LogP contribution in [0, 0.1) is 5.41 Å². The van der Waals surface area contributed by atoms with Crippen LogP contribution in [0.5, 0.6) is 0 Å². The maximum absolute atomic E-state index is 4.49. The van der Waals surface area contributed by atoms with Gasteiger partial charge in [0.15, 0.2) is 0 Å². The fraction of sp³-hybridized carbons (Fsp3) is 0.800. The van der Waals surface area contributed by atoms with E-state index in [9.17, 15) is 0 Å². The number of hydrogen-bond acceptors (Lipinski definition) is 1. The van der Waals surface area contributed by atoms with Gasteiger partial charge in [-0.1, -0.05) is 98.6 Å². The normalized spacial score (nSPS) is 13.0. The maximum Gasteiger partial charge on any atom is 0.0416 e. The molecule has 1 heteroatoms. The lowest BCUT2D eigenvalue weighted by molar-refractivity contribution is 0.229. The zero-order valence-corrected chi connectivity index (χ0v) is 19.7. The molecule has 0 rings (SSSR count). The molecule has 0 saturated carbocycles. The lowest BCUT2D eigenvalue weighted by Crippen LogP contribution is -2.21. The molecule has 1 nitrogen and oxygen atoms in total. The van der Waals surface area contributed by atoms with Crippen molar-refractivity contribution in [1.82, 2.24) is 0 Å². The van der Waals surface area contributed by atoms with Crippen LogP contribution < -0.4 is 0 Å². The predicted octanol–water partition coefficient (Wildman–Crippen LogP) is 8.94. The highest BCUT2D eigenvalue weighted by molar-refractivity contribution is 6.04. The monoisotopic (exact) mass is 363 g/mol. The lowest BCUT2D eigenvalue weighted by Gasteiger charge is -2.33. The molecule has 0 spiro atoms. The van der Waals surface area contributed by atoms with E-state index < -0.39 is 0 Å². The Labute approximate surface area is 166 Å². The van der Waals surface area contributed by atoms with Gasteiger partial charge in [-0.2, -0.15) is 0 Å². The Balaban J connectivity index is 0. The highest BCUT2D eigenvalue weighted by Crippen LogP contribution is 2.40. The molecule has 0 radical (unpaired) electrons. The average molecular weight is 364 g/mol. The molecule has 0 aliphatic carbocycles. The number of allylic oxidation sites excluding steroid dienone is 3. The average Bonchev–Trinajstić information content (AvgIpc) is 2.63. The van der Waals surface area contributed by atoms with Crippen molar-refractivity contribution >= 4 is 5.71 Å². The molecule has 0 aliphatic rings. The third kappa shape index (κ3) is 10.3. The van der Waals surface area contributed by atoms with Crippen LogP contribution in [0.4, 0.5) is 0 Å². The summed E-state index contributed by atoms with van der Waals surface area (Å²) in [4.78, 5) is 4.49. The SMILES string of the molecule is C=C(C)/C(C(CC)=NC)=C(/C)CC(CC)(CC)CCCC.CCCCC. The van der Waals surface area contributed by atoms with E-state index >= 15 is 0 Å². The Bertz CT molecular complexity index is 419. The van der Waals surface area contributed by atoms with Crippen molar-refractivity contribution < 1.29 is 0 Å². The van der Waals surface area contributed by atoms with Crippen LogP contribution in [0.1, 0.15) is 120 Å². The highest BCUT2D eigenvalue weighted by Gasteiger charge is 2.27. The zero-order chi connectivity index (χ0) is 20.6. The van der Waals surface area contributed by atoms with Crippen LogP contribution >= 0.6 is 0 Å². The molecule has 0 atom stereocenters. The Morgan fingerprint density at radius 2 is 1.35 bits per heavy atom. The standard InChI is InChI=1S/C20H37N.C5H12/c1-9-13-14-20(11-3,12-4)15-17(7)19(16(5)6)18(10-2)21-8;1-3-5-4-2/h5,9-15H2,1-4,6-8H3;3-5H2,1-2H3/b19-17+,21-18?;. The van der Waals surface area contributed by atoms with E-state index in [1.807, 2.05) is 7.05 Å².